The van der Waals surface area contributed by atoms with Crippen LogP contribution in [0.25, 0.3) is 0 Å². The van der Waals surface area contributed by atoms with Crippen LogP contribution in [0.3, 0.4) is 0 Å². The zero-order chi connectivity index (χ0) is 13.5. The van der Waals surface area contributed by atoms with Crippen molar-refractivity contribution < 1.29 is 19.4 Å². The third-order valence-corrected chi connectivity index (χ3v) is 3.04. The number of hydrogen-bond acceptors (Lipinski definition) is 3. The first-order chi connectivity index (χ1) is 8.52. The predicted molar refractivity (Wildman–Crippen MR) is 66.5 cm³/mol. The molecule has 6 heteroatoms. The van der Waals surface area contributed by atoms with Crippen LogP contribution >= 0.6 is 0 Å². The Bertz CT molecular complexity index is 296. The molecular formula is C12H22N2O4. The highest BCUT2D eigenvalue weighted by molar-refractivity contribution is 5.74. The molecule has 1 fully saturated rings. The topological polar surface area (TPSA) is 78.9 Å². The van der Waals surface area contributed by atoms with Gasteiger partial charge >= 0.3 is 12.0 Å². The van der Waals surface area contributed by atoms with E-state index in [0.29, 0.717) is 26.1 Å². The average Bonchev–Trinajstić information content (AvgIpc) is 2.36. The number of carboxylic acids is 1. The number of amides is 2. The number of carboxylic acid groups (broad SMARTS) is 1. The fraction of sp³-hybridized carbons (Fsp3) is 0.833. The van der Waals surface area contributed by atoms with E-state index >= 15 is 0 Å². The highest BCUT2D eigenvalue weighted by Gasteiger charge is 2.23. The lowest BCUT2D eigenvalue weighted by molar-refractivity contribution is -0.137. The predicted octanol–water partition coefficient (Wildman–Crippen LogP) is 1.06. The Kier molecular flexibility index (Phi) is 5.91. The summed E-state index contributed by atoms with van der Waals surface area (Å²) in [6, 6.07) is -0.258. The van der Waals surface area contributed by atoms with Crippen molar-refractivity contribution in [2.75, 3.05) is 19.7 Å². The number of carbonyl (C=O) groups excluding carboxylic acids is 1. The number of carbonyl (C=O) groups is 2. The van der Waals surface area contributed by atoms with Gasteiger partial charge in [0, 0.05) is 25.6 Å². The van der Waals surface area contributed by atoms with Crippen LogP contribution in [0, 0.1) is 0 Å². The minimum Gasteiger partial charge on any atom is -0.481 e. The molecule has 0 saturated carbocycles. The van der Waals surface area contributed by atoms with Gasteiger partial charge in [-0.15, -0.1) is 0 Å². The van der Waals surface area contributed by atoms with Gasteiger partial charge in [0.1, 0.15) is 0 Å². The number of hydrogen-bond donors (Lipinski definition) is 2. The maximum absolute atomic E-state index is 11.9. The smallest absolute Gasteiger partial charge is 0.317 e. The number of rotatable bonds is 5. The van der Waals surface area contributed by atoms with Gasteiger partial charge in [-0.25, -0.2) is 4.79 Å². The molecule has 2 amide bonds. The van der Waals surface area contributed by atoms with Crippen LogP contribution in [-0.2, 0) is 9.53 Å². The number of nitrogens with zero attached hydrogens (tertiary/aromatic N) is 1. The minimum absolute atomic E-state index is 0.0716. The first-order valence-corrected chi connectivity index (χ1v) is 6.41. The molecule has 2 unspecified atom stereocenters. The fourth-order valence-corrected chi connectivity index (χ4v) is 1.86. The van der Waals surface area contributed by atoms with Crippen LogP contribution in [0.4, 0.5) is 4.79 Å². The molecule has 6 nitrogen and oxygen atoms in total. The van der Waals surface area contributed by atoms with E-state index in [4.69, 9.17) is 9.84 Å². The maximum atomic E-state index is 11.9. The van der Waals surface area contributed by atoms with E-state index in [9.17, 15) is 9.59 Å². The minimum atomic E-state index is -0.839. The van der Waals surface area contributed by atoms with E-state index in [2.05, 4.69) is 5.32 Å². The van der Waals surface area contributed by atoms with Gasteiger partial charge in [-0.1, -0.05) is 6.92 Å². The first kappa shape index (κ1) is 14.8. The highest BCUT2D eigenvalue weighted by atomic mass is 16.5. The molecule has 1 rings (SSSR count). The molecule has 0 aliphatic carbocycles. The lowest BCUT2D eigenvalue weighted by Gasteiger charge is -2.33. The first-order valence-electron chi connectivity index (χ1n) is 6.41. The molecule has 0 aromatic carbocycles. The van der Waals surface area contributed by atoms with E-state index in [1.54, 1.807) is 4.90 Å². The number of morpholine rings is 1. The van der Waals surface area contributed by atoms with E-state index in [1.165, 1.54) is 0 Å². The Morgan fingerprint density at radius 3 is 2.89 bits per heavy atom. The molecule has 104 valence electrons. The quantitative estimate of drug-likeness (QED) is 0.773. The van der Waals surface area contributed by atoms with Gasteiger partial charge in [0.2, 0.25) is 0 Å². The van der Waals surface area contributed by atoms with E-state index < -0.39 is 5.97 Å². The second-order valence-corrected chi connectivity index (χ2v) is 4.63. The third kappa shape index (κ3) is 4.91. The molecule has 0 bridgehead atoms. The third-order valence-electron chi connectivity index (χ3n) is 3.04. The van der Waals surface area contributed by atoms with Gasteiger partial charge in [-0.05, 0) is 19.8 Å². The summed E-state index contributed by atoms with van der Waals surface area (Å²) < 4.78 is 5.49. The molecule has 1 heterocycles. The normalized spacial score (nSPS) is 21.4. The number of nitrogens with one attached hydrogen (secondary N) is 1. The number of ether oxygens (including phenoxy) is 1. The van der Waals surface area contributed by atoms with Crippen molar-refractivity contribution in [3.05, 3.63) is 0 Å². The zero-order valence-electron chi connectivity index (χ0n) is 11.0. The summed E-state index contributed by atoms with van der Waals surface area (Å²) in [7, 11) is 0. The Morgan fingerprint density at radius 1 is 1.56 bits per heavy atom. The molecule has 18 heavy (non-hydrogen) atoms. The molecular weight excluding hydrogens is 236 g/mol. The summed E-state index contributed by atoms with van der Waals surface area (Å²) in [4.78, 5) is 24.1. The van der Waals surface area contributed by atoms with Crippen molar-refractivity contribution in [2.45, 2.75) is 45.3 Å². The van der Waals surface area contributed by atoms with Crippen molar-refractivity contribution in [2.24, 2.45) is 0 Å². The average molecular weight is 258 g/mol. The molecule has 0 spiro atoms. The van der Waals surface area contributed by atoms with Gasteiger partial charge in [0.15, 0.2) is 0 Å². The van der Waals surface area contributed by atoms with Crippen molar-refractivity contribution in [1.82, 2.24) is 10.2 Å². The van der Waals surface area contributed by atoms with Crippen LogP contribution in [0.15, 0.2) is 0 Å². The highest BCUT2D eigenvalue weighted by Crippen LogP contribution is 2.08. The lowest BCUT2D eigenvalue weighted by atomic mass is 10.2. The lowest BCUT2D eigenvalue weighted by Crippen LogP contribution is -2.51. The zero-order valence-corrected chi connectivity index (χ0v) is 11.0. The second-order valence-electron chi connectivity index (χ2n) is 4.63. The van der Waals surface area contributed by atoms with Gasteiger partial charge < -0.3 is 20.1 Å². The van der Waals surface area contributed by atoms with Crippen LogP contribution in [0.2, 0.25) is 0 Å². The summed E-state index contributed by atoms with van der Waals surface area (Å²) in [5, 5.41) is 11.4. The van der Waals surface area contributed by atoms with Crippen molar-refractivity contribution in [1.29, 1.82) is 0 Å². The number of aliphatic carboxylic acids is 1. The van der Waals surface area contributed by atoms with Crippen LogP contribution in [0.5, 0.6) is 0 Å². The van der Waals surface area contributed by atoms with Gasteiger partial charge in [-0.2, -0.15) is 0 Å². The molecule has 2 atom stereocenters. The Labute approximate surface area is 107 Å². The van der Waals surface area contributed by atoms with E-state index in [-0.39, 0.29) is 24.6 Å². The van der Waals surface area contributed by atoms with Gasteiger partial charge in [0.05, 0.1) is 12.7 Å². The standard InChI is InChI=1S/C12H22N2O4/c1-3-10-8-14(6-7-18-10)12(17)13-9(2)4-5-11(15)16/h9-10H,3-8H2,1-2H3,(H,13,17)(H,15,16). The maximum Gasteiger partial charge on any atom is 0.317 e. The van der Waals surface area contributed by atoms with Crippen LogP contribution in [0.1, 0.15) is 33.1 Å². The van der Waals surface area contributed by atoms with Crippen LogP contribution < -0.4 is 5.32 Å². The molecule has 1 aliphatic rings. The van der Waals surface area contributed by atoms with Crippen molar-refractivity contribution in [3.8, 4) is 0 Å². The summed E-state index contributed by atoms with van der Waals surface area (Å²) in [6.07, 6.45) is 1.52. The summed E-state index contributed by atoms with van der Waals surface area (Å²) in [5.74, 6) is -0.839. The summed E-state index contributed by atoms with van der Waals surface area (Å²) in [5.41, 5.74) is 0. The van der Waals surface area contributed by atoms with E-state index in [1.807, 2.05) is 13.8 Å². The number of urea groups is 1. The van der Waals surface area contributed by atoms with E-state index in [0.717, 1.165) is 6.42 Å². The fourth-order valence-electron chi connectivity index (χ4n) is 1.86. The monoisotopic (exact) mass is 258 g/mol. The van der Waals surface area contributed by atoms with Crippen LogP contribution in [-0.4, -0.2) is 53.8 Å². The second kappa shape index (κ2) is 7.20. The molecule has 0 aromatic rings. The Hall–Kier alpha value is -1.30. The molecule has 0 radical (unpaired) electrons. The Balaban J connectivity index is 2.32. The van der Waals surface area contributed by atoms with Crippen molar-refractivity contribution in [3.63, 3.8) is 0 Å². The van der Waals surface area contributed by atoms with Gasteiger partial charge in [-0.3, -0.25) is 4.79 Å². The van der Waals surface area contributed by atoms with Crippen molar-refractivity contribution >= 4 is 12.0 Å². The molecule has 0 aromatic heterocycles. The molecule has 1 aliphatic heterocycles. The molecule has 1 saturated heterocycles. The SMILES string of the molecule is CCC1CN(C(=O)NC(C)CCC(=O)O)CCO1. The summed E-state index contributed by atoms with van der Waals surface area (Å²) >= 11 is 0. The largest absolute Gasteiger partial charge is 0.481 e. The molecule has 2 N–H and O–H groups in total. The Morgan fingerprint density at radius 2 is 2.28 bits per heavy atom. The van der Waals surface area contributed by atoms with Gasteiger partial charge in [0.25, 0.3) is 0 Å². The summed E-state index contributed by atoms with van der Waals surface area (Å²) in [6.45, 7) is 5.61.